The van der Waals surface area contributed by atoms with Gasteiger partial charge in [-0.2, -0.15) is 5.26 Å². The van der Waals surface area contributed by atoms with Crippen molar-refractivity contribution in [3.05, 3.63) is 82.9 Å². The molecule has 0 aliphatic rings. The zero-order chi connectivity index (χ0) is 29.4. The van der Waals surface area contributed by atoms with E-state index in [1.807, 2.05) is 81.4 Å². The Bertz CT molecular complexity index is 1570. The van der Waals surface area contributed by atoms with Crippen LogP contribution in [-0.2, 0) is 4.79 Å². The third kappa shape index (κ3) is 7.41. The maximum absolute atomic E-state index is 12.8. The van der Waals surface area contributed by atoms with Gasteiger partial charge in [0.15, 0.2) is 11.5 Å². The third-order valence-corrected chi connectivity index (χ3v) is 7.02. The van der Waals surface area contributed by atoms with Crippen LogP contribution in [0.4, 0.5) is 10.8 Å². The van der Waals surface area contributed by atoms with Crippen LogP contribution in [-0.4, -0.2) is 50.5 Å². The Kier molecular flexibility index (Phi) is 9.55. The molecular formula is C31H31N5O4S. The van der Waals surface area contributed by atoms with Crippen molar-refractivity contribution in [2.45, 2.75) is 13.8 Å². The van der Waals surface area contributed by atoms with Crippen LogP contribution in [0.1, 0.15) is 16.7 Å². The van der Waals surface area contributed by atoms with Crippen LogP contribution < -0.4 is 24.4 Å². The lowest BCUT2D eigenvalue weighted by Gasteiger charge is -2.14. The summed E-state index contributed by atoms with van der Waals surface area (Å²) in [5.41, 5.74) is 4.60. The Hall–Kier alpha value is -4.88. The molecule has 0 radical (unpaired) electrons. The number of nitrogens with zero attached hydrogens (tertiary/aromatic N) is 4. The highest BCUT2D eigenvalue weighted by Gasteiger charge is 2.15. The minimum atomic E-state index is -0.582. The Labute approximate surface area is 243 Å². The molecule has 0 spiro atoms. The number of aryl methyl sites for hydroxylation is 2. The van der Waals surface area contributed by atoms with Crippen LogP contribution in [0.15, 0.2) is 66.2 Å². The molecule has 0 aliphatic carbocycles. The third-order valence-electron chi connectivity index (χ3n) is 6.14. The Morgan fingerprint density at radius 1 is 1.00 bits per heavy atom. The number of benzene rings is 3. The summed E-state index contributed by atoms with van der Waals surface area (Å²) in [5, 5.41) is 21.5. The number of ether oxygens (including phenoxy) is 3. The number of rotatable bonds is 11. The van der Waals surface area contributed by atoms with E-state index in [2.05, 4.69) is 15.5 Å². The SMILES string of the molecule is COc1cc(/C=C(\C#N)C(=O)Nc2nnc(-c3ccc(N(C)C)cc3)s2)ccc1OCCOc1c(C)cccc1C. The molecule has 210 valence electrons. The summed E-state index contributed by atoms with van der Waals surface area (Å²) < 4.78 is 17.2. The number of nitrogens with one attached hydrogen (secondary N) is 1. The second-order valence-electron chi connectivity index (χ2n) is 9.31. The first kappa shape index (κ1) is 29.1. The molecule has 0 atom stereocenters. The number of hydrogen-bond donors (Lipinski definition) is 1. The first-order valence-corrected chi connectivity index (χ1v) is 13.6. The van der Waals surface area contributed by atoms with Crippen molar-refractivity contribution < 1.29 is 19.0 Å². The number of nitriles is 1. The van der Waals surface area contributed by atoms with Gasteiger partial charge in [0.05, 0.1) is 7.11 Å². The molecule has 0 unspecified atom stereocenters. The molecule has 1 heterocycles. The van der Waals surface area contributed by atoms with Crippen molar-refractivity contribution in [2.24, 2.45) is 0 Å². The van der Waals surface area contributed by atoms with Crippen LogP contribution in [0, 0.1) is 25.2 Å². The lowest BCUT2D eigenvalue weighted by Crippen LogP contribution is -2.13. The van der Waals surface area contributed by atoms with E-state index >= 15 is 0 Å². The van der Waals surface area contributed by atoms with E-state index in [4.69, 9.17) is 14.2 Å². The summed E-state index contributed by atoms with van der Waals surface area (Å²) >= 11 is 1.23. The predicted molar refractivity (Wildman–Crippen MR) is 162 cm³/mol. The molecule has 0 bridgehead atoms. The fourth-order valence-corrected chi connectivity index (χ4v) is 4.73. The van der Waals surface area contributed by atoms with Gasteiger partial charge in [-0.05, 0) is 73.0 Å². The Morgan fingerprint density at radius 3 is 2.37 bits per heavy atom. The Morgan fingerprint density at radius 2 is 1.71 bits per heavy atom. The van der Waals surface area contributed by atoms with Gasteiger partial charge in [0.25, 0.3) is 5.91 Å². The van der Waals surface area contributed by atoms with E-state index < -0.39 is 5.91 Å². The molecule has 0 fully saturated rings. The number of aromatic nitrogens is 2. The molecule has 4 aromatic rings. The summed E-state index contributed by atoms with van der Waals surface area (Å²) in [5.74, 6) is 1.27. The summed E-state index contributed by atoms with van der Waals surface area (Å²) in [6.07, 6.45) is 1.48. The highest BCUT2D eigenvalue weighted by molar-refractivity contribution is 7.18. The average molecular weight is 570 g/mol. The number of methoxy groups -OCH3 is 1. The molecule has 0 aliphatic heterocycles. The van der Waals surface area contributed by atoms with E-state index in [0.717, 1.165) is 28.1 Å². The maximum Gasteiger partial charge on any atom is 0.268 e. The fraction of sp³-hybridized carbons (Fsp3) is 0.226. The lowest BCUT2D eigenvalue weighted by atomic mass is 10.1. The van der Waals surface area contributed by atoms with Gasteiger partial charge in [-0.3, -0.25) is 10.1 Å². The van der Waals surface area contributed by atoms with E-state index in [0.29, 0.717) is 40.4 Å². The monoisotopic (exact) mass is 569 g/mol. The molecule has 3 aromatic carbocycles. The van der Waals surface area contributed by atoms with Gasteiger partial charge < -0.3 is 19.1 Å². The summed E-state index contributed by atoms with van der Waals surface area (Å²) in [7, 11) is 5.47. The van der Waals surface area contributed by atoms with Crippen molar-refractivity contribution >= 4 is 34.1 Å². The standard InChI is InChI=1S/C31H31N5O4S/c1-20-7-6-8-21(2)28(20)40-16-15-39-26-14-9-22(18-27(26)38-5)17-24(19-32)29(37)33-31-35-34-30(41-31)23-10-12-25(13-11-23)36(3)4/h6-14,17-18H,15-16H2,1-5H3,(H,33,35,37)/b24-17+. The Balaban J connectivity index is 1.38. The minimum Gasteiger partial charge on any atom is -0.493 e. The smallest absolute Gasteiger partial charge is 0.268 e. The van der Waals surface area contributed by atoms with Gasteiger partial charge in [-0.15, -0.1) is 10.2 Å². The van der Waals surface area contributed by atoms with Crippen molar-refractivity contribution in [1.82, 2.24) is 10.2 Å². The molecule has 1 N–H and O–H groups in total. The number of anilines is 2. The number of carbonyl (C=O) groups is 1. The largest absolute Gasteiger partial charge is 0.493 e. The second kappa shape index (κ2) is 13.5. The van der Waals surface area contributed by atoms with E-state index in [1.54, 1.807) is 18.2 Å². The molecule has 41 heavy (non-hydrogen) atoms. The summed E-state index contributed by atoms with van der Waals surface area (Å²) in [6, 6.07) is 21.0. The van der Waals surface area contributed by atoms with Crippen molar-refractivity contribution in [3.8, 4) is 33.9 Å². The van der Waals surface area contributed by atoms with Gasteiger partial charge in [0.1, 0.15) is 35.6 Å². The zero-order valence-corrected chi connectivity index (χ0v) is 24.4. The van der Waals surface area contributed by atoms with E-state index in [1.165, 1.54) is 24.5 Å². The predicted octanol–water partition coefficient (Wildman–Crippen LogP) is 5.90. The van der Waals surface area contributed by atoms with Gasteiger partial charge in [-0.25, -0.2) is 0 Å². The number of carbonyl (C=O) groups excluding carboxylic acids is 1. The van der Waals surface area contributed by atoms with Crippen molar-refractivity contribution in [1.29, 1.82) is 5.26 Å². The van der Waals surface area contributed by atoms with E-state index in [9.17, 15) is 10.1 Å². The molecule has 1 amide bonds. The first-order valence-electron chi connectivity index (χ1n) is 12.8. The highest BCUT2D eigenvalue weighted by atomic mass is 32.1. The molecule has 0 saturated heterocycles. The van der Waals surface area contributed by atoms with Crippen LogP contribution in [0.25, 0.3) is 16.6 Å². The van der Waals surface area contributed by atoms with Crippen LogP contribution in [0.5, 0.6) is 17.2 Å². The maximum atomic E-state index is 12.8. The molecule has 1 aromatic heterocycles. The van der Waals surface area contributed by atoms with Crippen LogP contribution in [0.3, 0.4) is 0 Å². The fourth-order valence-electron chi connectivity index (χ4n) is 3.99. The van der Waals surface area contributed by atoms with Crippen LogP contribution in [0.2, 0.25) is 0 Å². The second-order valence-corrected chi connectivity index (χ2v) is 10.3. The molecule has 10 heteroatoms. The quantitative estimate of drug-likeness (QED) is 0.135. The van der Waals surface area contributed by atoms with Crippen LogP contribution >= 0.6 is 11.3 Å². The summed E-state index contributed by atoms with van der Waals surface area (Å²) in [6.45, 7) is 4.69. The molecule has 4 rings (SSSR count). The lowest BCUT2D eigenvalue weighted by molar-refractivity contribution is -0.112. The normalized spacial score (nSPS) is 11.0. The first-order chi connectivity index (χ1) is 19.8. The van der Waals surface area contributed by atoms with Gasteiger partial charge >= 0.3 is 0 Å². The zero-order valence-electron chi connectivity index (χ0n) is 23.6. The highest BCUT2D eigenvalue weighted by Crippen LogP contribution is 2.30. The number of hydrogen-bond acceptors (Lipinski definition) is 9. The van der Waals surface area contributed by atoms with Gasteiger partial charge in [-0.1, -0.05) is 35.6 Å². The molecule has 9 nitrogen and oxygen atoms in total. The van der Waals surface area contributed by atoms with Crippen molar-refractivity contribution in [3.63, 3.8) is 0 Å². The van der Waals surface area contributed by atoms with Crippen molar-refractivity contribution in [2.75, 3.05) is 44.6 Å². The van der Waals surface area contributed by atoms with Gasteiger partial charge in [0.2, 0.25) is 5.13 Å². The molecular weight excluding hydrogens is 538 g/mol. The molecule has 0 saturated carbocycles. The minimum absolute atomic E-state index is 0.0881. The number of para-hydroxylation sites is 1. The average Bonchev–Trinajstić information content (AvgIpc) is 3.44. The topological polar surface area (TPSA) is 110 Å². The van der Waals surface area contributed by atoms with Gasteiger partial charge in [0, 0.05) is 25.3 Å². The summed E-state index contributed by atoms with van der Waals surface area (Å²) in [4.78, 5) is 14.8. The van der Waals surface area contributed by atoms with E-state index in [-0.39, 0.29) is 5.57 Å². The number of amides is 1.